The van der Waals surface area contributed by atoms with Gasteiger partial charge in [0.15, 0.2) is 0 Å². The number of nitrogens with zero attached hydrogens (tertiary/aromatic N) is 2. The molecule has 1 saturated heterocycles. The average molecular weight is 337 g/mol. The van der Waals surface area contributed by atoms with Crippen LogP contribution in [0.1, 0.15) is 12.1 Å². The number of carbonyl (C=O) groups is 1. The first kappa shape index (κ1) is 15.0. The maximum absolute atomic E-state index is 11.9. The third kappa shape index (κ3) is 3.28. The molecule has 1 aromatic heterocycles. The molecule has 3 rings (SSSR count). The smallest absolute Gasteiger partial charge is 0.235 e. The van der Waals surface area contributed by atoms with Crippen LogP contribution in [0.3, 0.4) is 0 Å². The highest BCUT2D eigenvalue weighted by molar-refractivity contribution is 7.93. The van der Waals surface area contributed by atoms with Gasteiger partial charge in [-0.3, -0.25) is 9.10 Å². The Balaban J connectivity index is 1.65. The molecule has 8 heteroatoms. The van der Waals surface area contributed by atoms with Gasteiger partial charge in [0, 0.05) is 17.6 Å². The van der Waals surface area contributed by atoms with E-state index in [1.807, 2.05) is 5.38 Å². The number of anilines is 2. The summed E-state index contributed by atoms with van der Waals surface area (Å²) in [4.78, 5) is 15.9. The van der Waals surface area contributed by atoms with Crippen LogP contribution in [-0.4, -0.2) is 31.6 Å². The van der Waals surface area contributed by atoms with Crippen molar-refractivity contribution in [2.24, 2.45) is 0 Å². The lowest BCUT2D eigenvalue weighted by Crippen LogP contribution is -2.25. The summed E-state index contributed by atoms with van der Waals surface area (Å²) in [6.45, 7) is 0.512. The van der Waals surface area contributed by atoms with Crippen LogP contribution in [0.25, 0.3) is 0 Å². The van der Waals surface area contributed by atoms with Crippen LogP contribution < -0.4 is 9.62 Å². The number of amides is 1. The van der Waals surface area contributed by atoms with E-state index in [0.29, 0.717) is 24.3 Å². The molecular formula is C14H15N3O3S2. The number of rotatable bonds is 4. The van der Waals surface area contributed by atoms with Crippen molar-refractivity contribution in [2.75, 3.05) is 21.9 Å². The summed E-state index contributed by atoms with van der Waals surface area (Å²) >= 11 is 1.45. The second-order valence-corrected chi connectivity index (χ2v) is 7.72. The molecule has 0 radical (unpaired) electrons. The number of hydrogen-bond acceptors (Lipinski definition) is 5. The van der Waals surface area contributed by atoms with Crippen molar-refractivity contribution in [1.82, 2.24) is 4.98 Å². The molecule has 2 heterocycles. The molecule has 1 N–H and O–H groups in total. The third-order valence-corrected chi connectivity index (χ3v) is 5.87. The van der Waals surface area contributed by atoms with Gasteiger partial charge in [0.25, 0.3) is 0 Å². The Hall–Kier alpha value is -1.93. The summed E-state index contributed by atoms with van der Waals surface area (Å²) in [6, 6.07) is 6.84. The minimum absolute atomic E-state index is 0.146. The minimum atomic E-state index is -3.17. The molecule has 0 atom stereocenters. The van der Waals surface area contributed by atoms with Gasteiger partial charge in [-0.1, -0.05) is 0 Å². The number of hydrogen-bond donors (Lipinski definition) is 1. The van der Waals surface area contributed by atoms with Gasteiger partial charge < -0.3 is 5.32 Å². The van der Waals surface area contributed by atoms with Gasteiger partial charge in [0.05, 0.1) is 29.1 Å². The number of nitrogens with one attached hydrogen (secondary N) is 1. The van der Waals surface area contributed by atoms with Crippen LogP contribution in [0.5, 0.6) is 0 Å². The van der Waals surface area contributed by atoms with Crippen molar-refractivity contribution < 1.29 is 13.2 Å². The van der Waals surface area contributed by atoms with E-state index < -0.39 is 10.0 Å². The van der Waals surface area contributed by atoms with E-state index in [2.05, 4.69) is 10.3 Å². The molecule has 1 fully saturated rings. The van der Waals surface area contributed by atoms with E-state index in [9.17, 15) is 13.2 Å². The normalized spacial score (nSPS) is 16.6. The summed E-state index contributed by atoms with van der Waals surface area (Å²) < 4.78 is 25.1. The molecule has 6 nitrogen and oxygen atoms in total. The lowest BCUT2D eigenvalue weighted by atomic mass is 10.2. The number of aromatic nitrogens is 1. The summed E-state index contributed by atoms with van der Waals surface area (Å²) in [6.07, 6.45) is 0.875. The number of benzene rings is 1. The van der Waals surface area contributed by atoms with E-state index in [1.54, 1.807) is 29.8 Å². The molecule has 0 saturated carbocycles. The first-order valence-corrected chi connectivity index (χ1v) is 9.37. The lowest BCUT2D eigenvalue weighted by Gasteiger charge is -2.17. The van der Waals surface area contributed by atoms with Crippen LogP contribution in [0.4, 0.5) is 11.4 Å². The van der Waals surface area contributed by atoms with Crippen LogP contribution in [0, 0.1) is 0 Å². The zero-order chi connectivity index (χ0) is 15.6. The van der Waals surface area contributed by atoms with Gasteiger partial charge >= 0.3 is 0 Å². The van der Waals surface area contributed by atoms with Crippen molar-refractivity contribution in [3.8, 4) is 0 Å². The second-order valence-electron chi connectivity index (χ2n) is 4.99. The topological polar surface area (TPSA) is 79.4 Å². The largest absolute Gasteiger partial charge is 0.326 e. The maximum Gasteiger partial charge on any atom is 0.235 e. The first-order valence-electron chi connectivity index (χ1n) is 6.82. The quantitative estimate of drug-likeness (QED) is 0.923. The fourth-order valence-electron chi connectivity index (χ4n) is 2.34. The van der Waals surface area contributed by atoms with Crippen molar-refractivity contribution in [2.45, 2.75) is 12.8 Å². The van der Waals surface area contributed by atoms with Crippen LogP contribution in [0.2, 0.25) is 0 Å². The zero-order valence-corrected chi connectivity index (χ0v) is 13.4. The highest BCUT2D eigenvalue weighted by Crippen LogP contribution is 2.25. The van der Waals surface area contributed by atoms with Gasteiger partial charge in [0.2, 0.25) is 15.9 Å². The molecule has 1 amide bonds. The highest BCUT2D eigenvalue weighted by Gasteiger charge is 2.28. The first-order chi connectivity index (χ1) is 10.5. The van der Waals surface area contributed by atoms with Crippen molar-refractivity contribution in [3.05, 3.63) is 40.8 Å². The lowest BCUT2D eigenvalue weighted by molar-refractivity contribution is -0.115. The monoisotopic (exact) mass is 337 g/mol. The number of sulfonamides is 1. The Morgan fingerprint density at radius 3 is 2.68 bits per heavy atom. The Morgan fingerprint density at radius 1 is 1.32 bits per heavy atom. The van der Waals surface area contributed by atoms with E-state index in [4.69, 9.17) is 0 Å². The predicted molar refractivity (Wildman–Crippen MR) is 86.6 cm³/mol. The van der Waals surface area contributed by atoms with Crippen molar-refractivity contribution in [1.29, 1.82) is 0 Å². The molecule has 22 heavy (non-hydrogen) atoms. The van der Waals surface area contributed by atoms with Gasteiger partial charge in [-0.25, -0.2) is 13.4 Å². The Labute approximate surface area is 132 Å². The summed E-state index contributed by atoms with van der Waals surface area (Å²) in [5, 5.41) is 4.61. The molecule has 0 aliphatic carbocycles. The third-order valence-electron chi connectivity index (χ3n) is 3.36. The molecule has 0 spiro atoms. The minimum Gasteiger partial charge on any atom is -0.326 e. The molecule has 0 unspecified atom stereocenters. The Kier molecular flexibility index (Phi) is 4.12. The molecule has 1 aliphatic heterocycles. The summed E-state index contributed by atoms with van der Waals surface area (Å²) in [5.74, 6) is 0.0477. The number of carbonyl (C=O) groups excluding carboxylic acids is 1. The van der Waals surface area contributed by atoms with E-state index in [1.165, 1.54) is 15.6 Å². The molecule has 116 valence electrons. The average Bonchev–Trinajstić information content (AvgIpc) is 3.09. The van der Waals surface area contributed by atoms with Crippen molar-refractivity contribution >= 4 is 38.6 Å². The van der Waals surface area contributed by atoms with Gasteiger partial charge in [-0.15, -0.1) is 11.3 Å². The van der Waals surface area contributed by atoms with Gasteiger partial charge in [0.1, 0.15) is 0 Å². The number of thiazole rings is 1. The molecule has 0 bridgehead atoms. The molecular weight excluding hydrogens is 322 g/mol. The van der Waals surface area contributed by atoms with Gasteiger partial charge in [-0.05, 0) is 30.7 Å². The Morgan fingerprint density at radius 2 is 2.09 bits per heavy atom. The predicted octanol–water partition coefficient (Wildman–Crippen LogP) is 1.86. The Bertz CT molecular complexity index is 755. The zero-order valence-electron chi connectivity index (χ0n) is 11.7. The molecule has 1 aromatic carbocycles. The molecule has 1 aliphatic rings. The van der Waals surface area contributed by atoms with E-state index in [-0.39, 0.29) is 18.1 Å². The van der Waals surface area contributed by atoms with Gasteiger partial charge in [-0.2, -0.15) is 0 Å². The standard InChI is InChI=1S/C14H15N3O3S2/c18-14(8-12-9-21-10-15-12)16-11-2-4-13(5-3-11)17-6-1-7-22(17,19)20/h2-5,9-10H,1,6-8H2,(H,16,18). The van der Waals surface area contributed by atoms with Crippen LogP contribution in [-0.2, 0) is 21.2 Å². The summed E-state index contributed by atoms with van der Waals surface area (Å²) in [7, 11) is -3.17. The van der Waals surface area contributed by atoms with E-state index in [0.717, 1.165) is 5.69 Å². The SMILES string of the molecule is O=C(Cc1cscn1)Nc1ccc(N2CCCS2(=O)=O)cc1. The fraction of sp³-hybridized carbons (Fsp3) is 0.286. The van der Waals surface area contributed by atoms with Crippen molar-refractivity contribution in [3.63, 3.8) is 0 Å². The van der Waals surface area contributed by atoms with Crippen LogP contribution >= 0.6 is 11.3 Å². The maximum atomic E-state index is 11.9. The second kappa shape index (κ2) is 6.05. The van der Waals surface area contributed by atoms with E-state index >= 15 is 0 Å². The highest BCUT2D eigenvalue weighted by atomic mass is 32.2. The fourth-order valence-corrected chi connectivity index (χ4v) is 4.46. The molecule has 2 aromatic rings. The summed E-state index contributed by atoms with van der Waals surface area (Å²) in [5.41, 5.74) is 3.70. The van der Waals surface area contributed by atoms with Crippen LogP contribution in [0.15, 0.2) is 35.2 Å².